The van der Waals surface area contributed by atoms with Crippen LogP contribution in [0, 0.1) is 0 Å². The zero-order valence-corrected chi connectivity index (χ0v) is 11.7. The number of hydrogen-bond acceptors (Lipinski definition) is 5. The molecule has 0 spiro atoms. The molecule has 0 fully saturated rings. The van der Waals surface area contributed by atoms with E-state index in [4.69, 9.17) is 4.74 Å². The van der Waals surface area contributed by atoms with Gasteiger partial charge in [0.05, 0.1) is 18.0 Å². The Bertz CT molecular complexity index is 712. The number of rotatable bonds is 4. The minimum atomic E-state index is -3.55. The molecule has 8 heteroatoms. The van der Waals surface area contributed by atoms with Gasteiger partial charge in [-0.2, -0.15) is 9.40 Å². The van der Waals surface area contributed by atoms with Crippen molar-refractivity contribution in [2.75, 3.05) is 13.7 Å². The van der Waals surface area contributed by atoms with Crippen LogP contribution < -0.4 is 4.74 Å². The maximum absolute atomic E-state index is 12.5. The van der Waals surface area contributed by atoms with Crippen molar-refractivity contribution < 1.29 is 13.2 Å². The molecular weight excluding hydrogens is 280 g/mol. The van der Waals surface area contributed by atoms with E-state index in [1.54, 1.807) is 18.2 Å². The Labute approximate surface area is 116 Å². The summed E-state index contributed by atoms with van der Waals surface area (Å²) in [5.74, 6) is 1.27. The minimum Gasteiger partial charge on any atom is -0.493 e. The first-order valence-corrected chi connectivity index (χ1v) is 7.58. The highest BCUT2D eigenvalue weighted by Gasteiger charge is 2.24. The highest BCUT2D eigenvalue weighted by Crippen LogP contribution is 2.28. The van der Waals surface area contributed by atoms with Crippen molar-refractivity contribution in [1.82, 2.24) is 19.5 Å². The van der Waals surface area contributed by atoms with E-state index in [0.29, 0.717) is 12.4 Å². The first kappa shape index (κ1) is 13.1. The fourth-order valence-electron chi connectivity index (χ4n) is 2.11. The van der Waals surface area contributed by atoms with Gasteiger partial charge in [0.1, 0.15) is 17.9 Å². The molecule has 1 aliphatic rings. The number of nitrogens with zero attached hydrogens (tertiary/aromatic N) is 3. The lowest BCUT2D eigenvalue weighted by molar-refractivity contribution is 0.356. The average Bonchev–Trinajstić information content (AvgIpc) is 3.07. The average molecular weight is 294 g/mol. The van der Waals surface area contributed by atoms with E-state index in [9.17, 15) is 8.42 Å². The molecule has 1 aliphatic heterocycles. The first-order chi connectivity index (χ1) is 9.57. The second-order valence-electron chi connectivity index (χ2n) is 4.56. The summed E-state index contributed by atoms with van der Waals surface area (Å²) in [4.78, 5) is 4.20. The van der Waals surface area contributed by atoms with Crippen LogP contribution in [0.1, 0.15) is 11.4 Å². The molecule has 2 heterocycles. The molecule has 0 bridgehead atoms. The van der Waals surface area contributed by atoms with Gasteiger partial charge in [0.2, 0.25) is 10.0 Å². The Kier molecular flexibility index (Phi) is 3.19. The lowest BCUT2D eigenvalue weighted by Crippen LogP contribution is -2.27. The predicted octanol–water partition coefficient (Wildman–Crippen LogP) is 0.560. The van der Waals surface area contributed by atoms with Crippen molar-refractivity contribution >= 4 is 10.0 Å². The quantitative estimate of drug-likeness (QED) is 0.890. The largest absolute Gasteiger partial charge is 0.493 e. The van der Waals surface area contributed by atoms with Gasteiger partial charge in [-0.15, -0.1) is 0 Å². The van der Waals surface area contributed by atoms with Crippen LogP contribution in [0.3, 0.4) is 0 Å². The van der Waals surface area contributed by atoms with Gasteiger partial charge in [0, 0.05) is 13.5 Å². The Morgan fingerprint density at radius 1 is 1.45 bits per heavy atom. The highest BCUT2D eigenvalue weighted by atomic mass is 32.2. The molecule has 2 aromatic rings. The Hall–Kier alpha value is -1.93. The maximum Gasteiger partial charge on any atom is 0.243 e. The maximum atomic E-state index is 12.5. The third-order valence-corrected chi connectivity index (χ3v) is 5.01. The summed E-state index contributed by atoms with van der Waals surface area (Å²) in [7, 11) is -2.03. The van der Waals surface area contributed by atoms with E-state index in [2.05, 4.69) is 15.2 Å². The Balaban J connectivity index is 1.87. The fourth-order valence-corrected chi connectivity index (χ4v) is 3.29. The molecular formula is C12H14N4O3S. The van der Waals surface area contributed by atoms with E-state index in [-0.39, 0.29) is 11.4 Å². The topological polar surface area (TPSA) is 88.2 Å². The third kappa shape index (κ3) is 2.27. The SMILES string of the molecule is CN(Cc1ncn[nH]1)S(=O)(=O)c1ccc2c(c1)CCO2. The smallest absolute Gasteiger partial charge is 0.243 e. The summed E-state index contributed by atoms with van der Waals surface area (Å²) in [6.45, 7) is 0.753. The summed E-state index contributed by atoms with van der Waals surface area (Å²) in [6, 6.07) is 4.95. The van der Waals surface area contributed by atoms with E-state index < -0.39 is 10.0 Å². The van der Waals surface area contributed by atoms with Crippen LogP contribution in [0.25, 0.3) is 0 Å². The summed E-state index contributed by atoms with van der Waals surface area (Å²) in [5.41, 5.74) is 0.930. The molecule has 3 rings (SSSR count). The van der Waals surface area contributed by atoms with E-state index in [0.717, 1.165) is 17.7 Å². The van der Waals surface area contributed by atoms with Crippen molar-refractivity contribution in [1.29, 1.82) is 0 Å². The number of aromatic amines is 1. The lowest BCUT2D eigenvalue weighted by atomic mass is 10.2. The van der Waals surface area contributed by atoms with Gasteiger partial charge >= 0.3 is 0 Å². The van der Waals surface area contributed by atoms with Crippen LogP contribution >= 0.6 is 0 Å². The Morgan fingerprint density at radius 3 is 3.05 bits per heavy atom. The van der Waals surface area contributed by atoms with Crippen molar-refractivity contribution in [3.05, 3.63) is 35.9 Å². The van der Waals surface area contributed by atoms with Gasteiger partial charge in [-0.1, -0.05) is 0 Å². The number of fused-ring (bicyclic) bond motifs is 1. The van der Waals surface area contributed by atoms with Gasteiger partial charge < -0.3 is 4.74 Å². The molecule has 1 aromatic heterocycles. The van der Waals surface area contributed by atoms with Crippen LogP contribution in [0.4, 0.5) is 0 Å². The predicted molar refractivity (Wildman–Crippen MR) is 70.7 cm³/mol. The number of aromatic nitrogens is 3. The number of nitrogens with one attached hydrogen (secondary N) is 1. The molecule has 0 unspecified atom stereocenters. The van der Waals surface area contributed by atoms with Crippen LogP contribution in [0.15, 0.2) is 29.4 Å². The summed E-state index contributed by atoms with van der Waals surface area (Å²) < 4.78 is 31.6. The van der Waals surface area contributed by atoms with Gasteiger partial charge in [-0.05, 0) is 23.8 Å². The fraction of sp³-hybridized carbons (Fsp3) is 0.333. The van der Waals surface area contributed by atoms with Crippen LogP contribution in [-0.2, 0) is 23.0 Å². The third-order valence-electron chi connectivity index (χ3n) is 3.21. The summed E-state index contributed by atoms with van der Waals surface area (Å²) in [5, 5.41) is 6.35. The van der Waals surface area contributed by atoms with Crippen molar-refractivity contribution in [2.45, 2.75) is 17.9 Å². The number of benzene rings is 1. The molecule has 106 valence electrons. The number of ether oxygens (including phenoxy) is 1. The Morgan fingerprint density at radius 2 is 2.30 bits per heavy atom. The molecule has 1 aromatic carbocycles. The number of H-pyrrole nitrogens is 1. The van der Waals surface area contributed by atoms with Gasteiger partial charge in [-0.3, -0.25) is 5.10 Å². The van der Waals surface area contributed by atoms with Crippen molar-refractivity contribution in [3.63, 3.8) is 0 Å². The van der Waals surface area contributed by atoms with Crippen LogP contribution in [0.2, 0.25) is 0 Å². The van der Waals surface area contributed by atoms with E-state index >= 15 is 0 Å². The molecule has 20 heavy (non-hydrogen) atoms. The molecule has 1 N–H and O–H groups in total. The first-order valence-electron chi connectivity index (χ1n) is 6.14. The lowest BCUT2D eigenvalue weighted by Gasteiger charge is -2.16. The highest BCUT2D eigenvalue weighted by molar-refractivity contribution is 7.89. The van der Waals surface area contributed by atoms with E-state index in [1.807, 2.05) is 0 Å². The molecule has 0 aliphatic carbocycles. The summed E-state index contributed by atoms with van der Waals surface area (Å²) in [6.07, 6.45) is 2.09. The van der Waals surface area contributed by atoms with Crippen molar-refractivity contribution in [3.8, 4) is 5.75 Å². The molecule has 0 radical (unpaired) electrons. The zero-order valence-electron chi connectivity index (χ0n) is 10.9. The van der Waals surface area contributed by atoms with E-state index in [1.165, 1.54) is 17.7 Å². The second kappa shape index (κ2) is 4.88. The second-order valence-corrected chi connectivity index (χ2v) is 6.61. The van der Waals surface area contributed by atoms with Crippen LogP contribution in [0.5, 0.6) is 5.75 Å². The van der Waals surface area contributed by atoms with Gasteiger partial charge in [0.15, 0.2) is 0 Å². The standard InChI is InChI=1S/C12H14N4O3S/c1-16(7-12-13-8-14-15-12)20(17,18)10-2-3-11-9(6-10)4-5-19-11/h2-3,6,8H,4-5,7H2,1H3,(H,13,14,15). The molecule has 7 nitrogen and oxygen atoms in total. The number of sulfonamides is 1. The molecule has 0 atom stereocenters. The zero-order chi connectivity index (χ0) is 14.2. The molecule has 0 saturated heterocycles. The minimum absolute atomic E-state index is 0.149. The van der Waals surface area contributed by atoms with Crippen LogP contribution in [-0.4, -0.2) is 41.6 Å². The number of hydrogen-bond donors (Lipinski definition) is 1. The molecule has 0 saturated carbocycles. The monoisotopic (exact) mass is 294 g/mol. The summed E-state index contributed by atoms with van der Waals surface area (Å²) >= 11 is 0. The molecule has 0 amide bonds. The van der Waals surface area contributed by atoms with Gasteiger partial charge in [-0.25, -0.2) is 13.4 Å². The normalized spacial score (nSPS) is 14.3. The van der Waals surface area contributed by atoms with Crippen molar-refractivity contribution in [2.24, 2.45) is 0 Å². The van der Waals surface area contributed by atoms with Gasteiger partial charge in [0.25, 0.3) is 0 Å².